The van der Waals surface area contributed by atoms with Crippen molar-refractivity contribution < 1.29 is 4.79 Å². The van der Waals surface area contributed by atoms with E-state index in [-0.39, 0.29) is 5.24 Å². The number of hydrogen-bond donors (Lipinski definition) is 0. The third-order valence-corrected chi connectivity index (χ3v) is 3.32. The van der Waals surface area contributed by atoms with Gasteiger partial charge in [0.15, 0.2) is 0 Å². The van der Waals surface area contributed by atoms with E-state index in [1.165, 1.54) is 44.9 Å². The Morgan fingerprint density at radius 2 is 1.93 bits per heavy atom. The van der Waals surface area contributed by atoms with Crippen LogP contribution in [0.3, 0.4) is 0 Å². The second-order valence-corrected chi connectivity index (χ2v) is 4.94. The van der Waals surface area contributed by atoms with Crippen LogP contribution in [-0.2, 0) is 4.79 Å². The molecule has 0 heterocycles. The number of rotatable bonds is 8. The molecule has 0 unspecified atom stereocenters. The Morgan fingerprint density at radius 3 is 2.57 bits per heavy atom. The van der Waals surface area contributed by atoms with Gasteiger partial charge in [0.1, 0.15) is 0 Å². The van der Waals surface area contributed by atoms with E-state index in [2.05, 4.69) is 6.92 Å². The Balaban J connectivity index is 1.88. The maximum absolute atomic E-state index is 10.6. The van der Waals surface area contributed by atoms with Gasteiger partial charge in [-0.15, -0.1) is 0 Å². The Bertz CT molecular complexity index is 179. The zero-order chi connectivity index (χ0) is 10.4. The van der Waals surface area contributed by atoms with E-state index in [1.54, 1.807) is 0 Å². The van der Waals surface area contributed by atoms with Crippen LogP contribution in [0.2, 0.25) is 0 Å². The number of halogens is 1. The van der Waals surface area contributed by atoms with Crippen LogP contribution in [0.1, 0.15) is 58.3 Å². The molecule has 0 amide bonds. The lowest BCUT2D eigenvalue weighted by atomic mass is 10.1. The van der Waals surface area contributed by atoms with Crippen molar-refractivity contribution in [3.63, 3.8) is 0 Å². The standard InChI is InChI=1S/C12H21ClO/c1-2-3-4-5-6-7-10-8-11(10)9-12(13)14/h10-11H,2-9H2,1H3/t10-,11+/m1/s1. The van der Waals surface area contributed by atoms with E-state index in [4.69, 9.17) is 11.6 Å². The smallest absolute Gasteiger partial charge is 0.221 e. The topological polar surface area (TPSA) is 17.1 Å². The summed E-state index contributed by atoms with van der Waals surface area (Å²) < 4.78 is 0. The van der Waals surface area contributed by atoms with Gasteiger partial charge in [-0.3, -0.25) is 4.79 Å². The van der Waals surface area contributed by atoms with Gasteiger partial charge in [-0.1, -0.05) is 45.4 Å². The summed E-state index contributed by atoms with van der Waals surface area (Å²) in [6.07, 6.45) is 9.94. The van der Waals surface area contributed by atoms with E-state index in [0.29, 0.717) is 12.3 Å². The molecule has 2 heteroatoms. The van der Waals surface area contributed by atoms with Gasteiger partial charge < -0.3 is 0 Å². The molecule has 1 aliphatic rings. The first-order valence-corrected chi connectivity index (χ1v) is 6.30. The Morgan fingerprint density at radius 1 is 1.21 bits per heavy atom. The number of carbonyl (C=O) groups is 1. The molecule has 1 fully saturated rings. The van der Waals surface area contributed by atoms with Gasteiger partial charge in [0.25, 0.3) is 0 Å². The number of carbonyl (C=O) groups excluding carboxylic acids is 1. The highest BCUT2D eigenvalue weighted by Gasteiger charge is 2.36. The van der Waals surface area contributed by atoms with Crippen LogP contribution in [0.4, 0.5) is 0 Å². The van der Waals surface area contributed by atoms with Crippen molar-refractivity contribution in [3.05, 3.63) is 0 Å². The van der Waals surface area contributed by atoms with Crippen LogP contribution in [-0.4, -0.2) is 5.24 Å². The lowest BCUT2D eigenvalue weighted by Crippen LogP contribution is -1.90. The van der Waals surface area contributed by atoms with Crippen LogP contribution in [0, 0.1) is 11.8 Å². The van der Waals surface area contributed by atoms with Crippen molar-refractivity contribution in [1.82, 2.24) is 0 Å². The third-order valence-electron chi connectivity index (χ3n) is 3.17. The molecule has 0 bridgehead atoms. The molecule has 2 atom stereocenters. The van der Waals surface area contributed by atoms with Gasteiger partial charge in [0, 0.05) is 6.42 Å². The van der Waals surface area contributed by atoms with Crippen LogP contribution >= 0.6 is 11.6 Å². The number of unbranched alkanes of at least 4 members (excludes halogenated alkanes) is 4. The molecule has 0 aliphatic heterocycles. The molecule has 0 aromatic heterocycles. The summed E-state index contributed by atoms with van der Waals surface area (Å²) in [5, 5.41) is -0.150. The Kier molecular flexibility index (Phi) is 5.54. The predicted molar refractivity (Wildman–Crippen MR) is 60.5 cm³/mol. The van der Waals surface area contributed by atoms with Crippen molar-refractivity contribution in [3.8, 4) is 0 Å². The Hall–Kier alpha value is -0.0400. The third kappa shape index (κ3) is 4.99. The molecule has 1 nitrogen and oxygen atoms in total. The van der Waals surface area contributed by atoms with Crippen LogP contribution < -0.4 is 0 Å². The number of hydrogen-bond acceptors (Lipinski definition) is 1. The fraction of sp³-hybridized carbons (Fsp3) is 0.917. The van der Waals surface area contributed by atoms with Crippen LogP contribution in [0.25, 0.3) is 0 Å². The molecular weight excluding hydrogens is 196 g/mol. The highest BCUT2D eigenvalue weighted by Crippen LogP contribution is 2.45. The molecule has 0 saturated heterocycles. The average molecular weight is 217 g/mol. The van der Waals surface area contributed by atoms with Gasteiger partial charge in [-0.25, -0.2) is 0 Å². The van der Waals surface area contributed by atoms with Gasteiger partial charge in [0.05, 0.1) is 0 Å². The molecule has 0 aromatic rings. The van der Waals surface area contributed by atoms with Crippen molar-refractivity contribution in [2.75, 3.05) is 0 Å². The fourth-order valence-electron chi connectivity index (χ4n) is 2.13. The first-order valence-electron chi connectivity index (χ1n) is 5.92. The van der Waals surface area contributed by atoms with Gasteiger partial charge in [-0.05, 0) is 29.9 Å². The SMILES string of the molecule is CCCCCCC[C@@H]1C[C@H]1CC(=O)Cl. The normalized spacial score (nSPS) is 25.0. The summed E-state index contributed by atoms with van der Waals surface area (Å²) in [5.74, 6) is 1.45. The summed E-state index contributed by atoms with van der Waals surface area (Å²) in [6.45, 7) is 2.24. The highest BCUT2D eigenvalue weighted by molar-refractivity contribution is 6.63. The lowest BCUT2D eigenvalue weighted by molar-refractivity contribution is -0.112. The maximum atomic E-state index is 10.6. The van der Waals surface area contributed by atoms with Gasteiger partial charge >= 0.3 is 0 Å². The maximum Gasteiger partial charge on any atom is 0.221 e. The summed E-state index contributed by atoms with van der Waals surface area (Å²) in [4.78, 5) is 10.6. The minimum absolute atomic E-state index is 0.150. The molecule has 0 N–H and O–H groups in total. The predicted octanol–water partition coefficient (Wildman–Crippen LogP) is 4.14. The summed E-state index contributed by atoms with van der Waals surface area (Å²) >= 11 is 5.34. The summed E-state index contributed by atoms with van der Waals surface area (Å²) in [7, 11) is 0. The van der Waals surface area contributed by atoms with E-state index in [9.17, 15) is 4.79 Å². The van der Waals surface area contributed by atoms with E-state index >= 15 is 0 Å². The molecule has 0 aromatic carbocycles. The molecule has 0 spiro atoms. The molecule has 1 aliphatic carbocycles. The summed E-state index contributed by atoms with van der Waals surface area (Å²) in [6, 6.07) is 0. The van der Waals surface area contributed by atoms with Crippen molar-refractivity contribution in [2.45, 2.75) is 58.3 Å². The molecule has 1 saturated carbocycles. The quantitative estimate of drug-likeness (QED) is 0.440. The van der Waals surface area contributed by atoms with E-state index in [1.807, 2.05) is 0 Å². The summed E-state index contributed by atoms with van der Waals surface area (Å²) in [5.41, 5.74) is 0. The van der Waals surface area contributed by atoms with Crippen molar-refractivity contribution in [1.29, 1.82) is 0 Å². The second-order valence-electron chi connectivity index (χ2n) is 4.52. The zero-order valence-corrected chi connectivity index (χ0v) is 9.85. The lowest BCUT2D eigenvalue weighted by Gasteiger charge is -1.99. The van der Waals surface area contributed by atoms with Crippen LogP contribution in [0.15, 0.2) is 0 Å². The largest absolute Gasteiger partial charge is 0.281 e. The van der Waals surface area contributed by atoms with Gasteiger partial charge in [-0.2, -0.15) is 0 Å². The fourth-order valence-corrected chi connectivity index (χ4v) is 2.33. The molecule has 0 radical (unpaired) electrons. The van der Waals surface area contributed by atoms with Gasteiger partial charge in [0.2, 0.25) is 5.24 Å². The first-order chi connectivity index (χ1) is 6.74. The van der Waals surface area contributed by atoms with Crippen LogP contribution in [0.5, 0.6) is 0 Å². The minimum Gasteiger partial charge on any atom is -0.281 e. The Labute approximate surface area is 92.2 Å². The monoisotopic (exact) mass is 216 g/mol. The molecule has 1 rings (SSSR count). The molecular formula is C12H21ClO. The minimum atomic E-state index is -0.150. The highest BCUT2D eigenvalue weighted by atomic mass is 35.5. The first kappa shape index (κ1) is 12.0. The van der Waals surface area contributed by atoms with Crippen molar-refractivity contribution >= 4 is 16.8 Å². The molecule has 14 heavy (non-hydrogen) atoms. The molecule has 82 valence electrons. The zero-order valence-electron chi connectivity index (χ0n) is 9.10. The van der Waals surface area contributed by atoms with E-state index < -0.39 is 0 Å². The van der Waals surface area contributed by atoms with E-state index in [0.717, 1.165) is 5.92 Å². The second kappa shape index (κ2) is 6.44. The average Bonchev–Trinajstić information content (AvgIpc) is 2.82. The van der Waals surface area contributed by atoms with Crippen molar-refractivity contribution in [2.24, 2.45) is 11.8 Å².